The lowest BCUT2D eigenvalue weighted by atomic mass is 9.44. The molecule has 4 rings (SSSR count). The van der Waals surface area contributed by atoms with Gasteiger partial charge in [-0.15, -0.1) is 0 Å². The molecule has 4 aliphatic carbocycles. The minimum atomic E-state index is -0.871. The number of aliphatic carboxylic acids is 2. The van der Waals surface area contributed by atoms with Gasteiger partial charge in [0.25, 0.3) is 0 Å². The van der Waals surface area contributed by atoms with Gasteiger partial charge in [0.1, 0.15) is 0 Å². The van der Waals surface area contributed by atoms with Crippen LogP contribution in [0.25, 0.3) is 0 Å². The number of carbonyl (C=O) groups is 2. The Morgan fingerprint density at radius 2 is 1.44 bits per heavy atom. The van der Waals surface area contributed by atoms with Crippen molar-refractivity contribution in [3.63, 3.8) is 0 Å². The van der Waals surface area contributed by atoms with Crippen LogP contribution < -0.4 is 0 Å². The van der Waals surface area contributed by atoms with E-state index in [1.54, 1.807) is 0 Å². The lowest BCUT2D eigenvalue weighted by molar-refractivity contribution is -0.179. The van der Waals surface area contributed by atoms with Crippen molar-refractivity contribution in [2.24, 2.45) is 29.1 Å². The van der Waals surface area contributed by atoms with Gasteiger partial charge in [-0.1, -0.05) is 0 Å². The summed E-state index contributed by atoms with van der Waals surface area (Å²) in [6.07, 6.45) is 5.65. The van der Waals surface area contributed by atoms with Gasteiger partial charge in [-0.25, -0.2) is 0 Å². The standard InChI is InChI=1S/C14H20O4/c15-12(16)1-2-14(13(17)18)10-4-8-3-9(6-10)7-11(14)5-8/h8-11H,1-7H2,(H,15,16)(H,17,18). The van der Waals surface area contributed by atoms with Gasteiger partial charge in [-0.2, -0.15) is 0 Å². The third-order valence-electron chi connectivity index (χ3n) is 5.75. The van der Waals surface area contributed by atoms with E-state index in [0.29, 0.717) is 18.3 Å². The first-order chi connectivity index (χ1) is 8.52. The molecular weight excluding hydrogens is 232 g/mol. The van der Waals surface area contributed by atoms with E-state index in [9.17, 15) is 14.7 Å². The van der Waals surface area contributed by atoms with Crippen LogP contribution in [-0.4, -0.2) is 22.2 Å². The molecule has 0 aliphatic heterocycles. The molecule has 0 aromatic heterocycles. The molecule has 4 bridgehead atoms. The minimum Gasteiger partial charge on any atom is -0.481 e. The van der Waals surface area contributed by atoms with Crippen LogP contribution in [0.3, 0.4) is 0 Å². The van der Waals surface area contributed by atoms with E-state index in [-0.39, 0.29) is 18.3 Å². The zero-order valence-electron chi connectivity index (χ0n) is 10.5. The molecule has 4 nitrogen and oxygen atoms in total. The van der Waals surface area contributed by atoms with Gasteiger partial charge in [-0.3, -0.25) is 9.59 Å². The highest BCUT2D eigenvalue weighted by atomic mass is 16.4. The Hall–Kier alpha value is -1.06. The molecule has 0 spiro atoms. The molecule has 0 heterocycles. The van der Waals surface area contributed by atoms with Gasteiger partial charge in [0.2, 0.25) is 0 Å². The molecule has 4 saturated carbocycles. The maximum absolute atomic E-state index is 11.8. The minimum absolute atomic E-state index is 0.00532. The highest BCUT2D eigenvalue weighted by molar-refractivity contribution is 5.77. The molecule has 0 aromatic rings. The predicted octanol–water partition coefficient (Wildman–Crippen LogP) is 2.38. The van der Waals surface area contributed by atoms with Crippen molar-refractivity contribution in [2.75, 3.05) is 0 Å². The van der Waals surface area contributed by atoms with Crippen molar-refractivity contribution < 1.29 is 19.8 Å². The maximum atomic E-state index is 11.8. The molecule has 0 aromatic carbocycles. The zero-order valence-corrected chi connectivity index (χ0v) is 10.5. The van der Waals surface area contributed by atoms with Crippen LogP contribution in [-0.2, 0) is 9.59 Å². The van der Waals surface area contributed by atoms with Crippen LogP contribution in [0.5, 0.6) is 0 Å². The molecule has 18 heavy (non-hydrogen) atoms. The summed E-state index contributed by atoms with van der Waals surface area (Å²) in [5.74, 6) is 0.271. The molecule has 2 N–H and O–H groups in total. The summed E-state index contributed by atoms with van der Waals surface area (Å²) in [5, 5.41) is 18.6. The first-order valence-corrected chi connectivity index (χ1v) is 6.97. The summed E-state index contributed by atoms with van der Waals surface area (Å²) >= 11 is 0. The Morgan fingerprint density at radius 1 is 0.944 bits per heavy atom. The Bertz CT molecular complexity index is 359. The van der Waals surface area contributed by atoms with E-state index in [1.807, 2.05) is 0 Å². The average Bonchev–Trinajstić information content (AvgIpc) is 2.26. The molecule has 4 fully saturated rings. The van der Waals surface area contributed by atoms with Gasteiger partial charge >= 0.3 is 11.9 Å². The lowest BCUT2D eigenvalue weighted by Crippen LogP contribution is -2.56. The fraction of sp³-hybridized carbons (Fsp3) is 0.857. The summed E-state index contributed by atoms with van der Waals surface area (Å²) in [7, 11) is 0. The summed E-state index contributed by atoms with van der Waals surface area (Å²) in [5.41, 5.74) is -0.730. The van der Waals surface area contributed by atoms with Crippen molar-refractivity contribution in [3.8, 4) is 0 Å². The highest BCUT2D eigenvalue weighted by Gasteiger charge is 2.60. The Kier molecular flexibility index (Phi) is 2.65. The second-order valence-electron chi connectivity index (χ2n) is 6.54. The fourth-order valence-corrected chi connectivity index (χ4v) is 5.20. The summed E-state index contributed by atoms with van der Waals surface area (Å²) in [6.45, 7) is 0. The molecule has 0 atom stereocenters. The summed E-state index contributed by atoms with van der Waals surface area (Å²) in [4.78, 5) is 22.6. The van der Waals surface area contributed by atoms with Gasteiger partial charge in [0.05, 0.1) is 5.41 Å². The van der Waals surface area contributed by atoms with E-state index in [4.69, 9.17) is 5.11 Å². The number of carboxylic acids is 2. The third kappa shape index (κ3) is 1.57. The average molecular weight is 252 g/mol. The van der Waals surface area contributed by atoms with E-state index in [2.05, 4.69) is 0 Å². The van der Waals surface area contributed by atoms with Crippen LogP contribution >= 0.6 is 0 Å². The normalized spacial score (nSPS) is 45.1. The van der Waals surface area contributed by atoms with Crippen LogP contribution in [0.1, 0.15) is 44.9 Å². The molecular formula is C14H20O4. The Balaban J connectivity index is 1.89. The molecule has 0 saturated heterocycles. The second kappa shape index (κ2) is 3.97. The number of carboxylic acid groups (broad SMARTS) is 2. The fourth-order valence-electron chi connectivity index (χ4n) is 5.20. The van der Waals surface area contributed by atoms with Crippen molar-refractivity contribution in [1.29, 1.82) is 0 Å². The predicted molar refractivity (Wildman–Crippen MR) is 64.0 cm³/mol. The van der Waals surface area contributed by atoms with E-state index >= 15 is 0 Å². The summed E-state index contributed by atoms with van der Waals surface area (Å²) in [6, 6.07) is 0. The molecule has 0 amide bonds. The quantitative estimate of drug-likeness (QED) is 0.805. The smallest absolute Gasteiger partial charge is 0.310 e. The summed E-state index contributed by atoms with van der Waals surface area (Å²) < 4.78 is 0. The first kappa shape index (κ1) is 12.0. The monoisotopic (exact) mass is 252 g/mol. The molecule has 0 radical (unpaired) electrons. The van der Waals surface area contributed by atoms with Crippen molar-refractivity contribution in [1.82, 2.24) is 0 Å². The van der Waals surface area contributed by atoms with Crippen LogP contribution in [0, 0.1) is 29.1 Å². The topological polar surface area (TPSA) is 74.6 Å². The van der Waals surface area contributed by atoms with E-state index in [0.717, 1.165) is 25.7 Å². The van der Waals surface area contributed by atoms with E-state index < -0.39 is 17.4 Å². The number of hydrogen-bond acceptors (Lipinski definition) is 2. The largest absolute Gasteiger partial charge is 0.481 e. The highest BCUT2D eigenvalue weighted by Crippen LogP contribution is 2.63. The Labute approximate surface area is 106 Å². The van der Waals surface area contributed by atoms with Crippen molar-refractivity contribution in [2.45, 2.75) is 44.9 Å². The van der Waals surface area contributed by atoms with E-state index in [1.165, 1.54) is 6.42 Å². The van der Waals surface area contributed by atoms with Crippen LogP contribution in [0.2, 0.25) is 0 Å². The second-order valence-corrected chi connectivity index (χ2v) is 6.54. The number of rotatable bonds is 4. The SMILES string of the molecule is O=C(O)CCC1(C(=O)O)C2CC3CC(C2)CC1C3. The van der Waals surface area contributed by atoms with Crippen LogP contribution in [0.15, 0.2) is 0 Å². The third-order valence-corrected chi connectivity index (χ3v) is 5.75. The van der Waals surface area contributed by atoms with Gasteiger partial charge in [0, 0.05) is 6.42 Å². The van der Waals surface area contributed by atoms with Crippen molar-refractivity contribution >= 4 is 11.9 Å². The molecule has 0 unspecified atom stereocenters. The lowest BCUT2D eigenvalue weighted by Gasteiger charge is -2.59. The molecule has 100 valence electrons. The van der Waals surface area contributed by atoms with Crippen LogP contribution in [0.4, 0.5) is 0 Å². The molecule has 4 heteroatoms. The van der Waals surface area contributed by atoms with Gasteiger partial charge < -0.3 is 10.2 Å². The zero-order chi connectivity index (χ0) is 12.9. The van der Waals surface area contributed by atoms with Gasteiger partial charge in [-0.05, 0) is 62.2 Å². The Morgan fingerprint density at radius 3 is 1.83 bits per heavy atom. The van der Waals surface area contributed by atoms with Gasteiger partial charge in [0.15, 0.2) is 0 Å². The first-order valence-electron chi connectivity index (χ1n) is 6.97. The molecule has 4 aliphatic rings. The number of hydrogen-bond donors (Lipinski definition) is 2. The maximum Gasteiger partial charge on any atom is 0.310 e. The van der Waals surface area contributed by atoms with Crippen molar-refractivity contribution in [3.05, 3.63) is 0 Å².